The van der Waals surface area contributed by atoms with E-state index in [1.807, 2.05) is 37.3 Å². The smallest absolute Gasteiger partial charge is 0.194 e. The van der Waals surface area contributed by atoms with Gasteiger partial charge < -0.3 is 20.1 Å². The van der Waals surface area contributed by atoms with Crippen molar-refractivity contribution in [3.8, 4) is 5.75 Å². The lowest BCUT2D eigenvalue weighted by Gasteiger charge is -2.20. The highest BCUT2D eigenvalue weighted by Gasteiger charge is 2.22. The number of likely N-dealkylation sites (tertiary alicyclic amines) is 1. The Labute approximate surface area is 159 Å². The molecule has 1 aliphatic heterocycles. The van der Waals surface area contributed by atoms with Crippen molar-refractivity contribution in [3.05, 3.63) is 65.5 Å². The van der Waals surface area contributed by atoms with Gasteiger partial charge in [-0.05, 0) is 48.7 Å². The number of aliphatic imine (C=N–C) groups is 1. The molecule has 1 aliphatic rings. The van der Waals surface area contributed by atoms with E-state index in [2.05, 4.69) is 15.2 Å². The predicted molar refractivity (Wildman–Crippen MR) is 104 cm³/mol. The van der Waals surface area contributed by atoms with Gasteiger partial charge in [-0.1, -0.05) is 24.3 Å². The van der Waals surface area contributed by atoms with Gasteiger partial charge in [-0.15, -0.1) is 0 Å². The van der Waals surface area contributed by atoms with Crippen LogP contribution in [0.5, 0.6) is 5.75 Å². The zero-order valence-corrected chi connectivity index (χ0v) is 15.6. The van der Waals surface area contributed by atoms with Gasteiger partial charge in [0.1, 0.15) is 18.2 Å². The minimum absolute atomic E-state index is 0.258. The van der Waals surface area contributed by atoms with Crippen molar-refractivity contribution in [2.24, 2.45) is 4.99 Å². The molecule has 0 bridgehead atoms. The highest BCUT2D eigenvalue weighted by Crippen LogP contribution is 2.16. The van der Waals surface area contributed by atoms with Crippen molar-refractivity contribution in [1.82, 2.24) is 10.2 Å². The average molecular weight is 371 g/mol. The third-order valence-corrected chi connectivity index (χ3v) is 4.43. The standard InChI is InChI=1S/C21H26FN3O2/c1-2-23-21(25-11-10-19(26)14-25)24-13-16-6-8-20(9-7-16)27-15-17-4-3-5-18(22)12-17/h3-9,12,19,26H,2,10-11,13-15H2,1H3,(H,23,24)/t19-/m1/s1. The van der Waals surface area contributed by atoms with Crippen molar-refractivity contribution >= 4 is 5.96 Å². The minimum Gasteiger partial charge on any atom is -0.489 e. The van der Waals surface area contributed by atoms with Gasteiger partial charge in [0, 0.05) is 19.6 Å². The zero-order chi connectivity index (χ0) is 19.1. The number of guanidine groups is 1. The van der Waals surface area contributed by atoms with Crippen molar-refractivity contribution < 1.29 is 14.2 Å². The van der Waals surface area contributed by atoms with E-state index in [4.69, 9.17) is 4.74 Å². The van der Waals surface area contributed by atoms with Crippen LogP contribution in [0, 0.1) is 5.82 Å². The molecule has 0 aromatic heterocycles. The predicted octanol–water partition coefficient (Wildman–Crippen LogP) is 2.94. The van der Waals surface area contributed by atoms with E-state index in [1.165, 1.54) is 12.1 Å². The fourth-order valence-electron chi connectivity index (χ4n) is 3.01. The summed E-state index contributed by atoms with van der Waals surface area (Å²) in [7, 11) is 0. The minimum atomic E-state index is -0.275. The number of nitrogens with one attached hydrogen (secondary N) is 1. The first-order valence-corrected chi connectivity index (χ1v) is 9.31. The molecule has 0 aliphatic carbocycles. The molecule has 3 rings (SSSR count). The first kappa shape index (κ1) is 19.2. The molecule has 27 heavy (non-hydrogen) atoms. The molecule has 5 nitrogen and oxygen atoms in total. The number of halogens is 1. The molecule has 1 atom stereocenters. The lowest BCUT2D eigenvalue weighted by Crippen LogP contribution is -2.40. The Morgan fingerprint density at radius 3 is 2.74 bits per heavy atom. The highest BCUT2D eigenvalue weighted by molar-refractivity contribution is 5.80. The van der Waals surface area contributed by atoms with E-state index in [0.29, 0.717) is 19.7 Å². The summed E-state index contributed by atoms with van der Waals surface area (Å²) in [5, 5.41) is 13.0. The Morgan fingerprint density at radius 2 is 2.07 bits per heavy atom. The second-order valence-corrected chi connectivity index (χ2v) is 6.62. The molecular formula is C21H26FN3O2. The van der Waals surface area contributed by atoms with Gasteiger partial charge in [0.15, 0.2) is 5.96 Å². The molecular weight excluding hydrogens is 345 g/mol. The maximum atomic E-state index is 13.2. The fourth-order valence-corrected chi connectivity index (χ4v) is 3.01. The molecule has 6 heteroatoms. The molecule has 0 saturated carbocycles. The van der Waals surface area contributed by atoms with Crippen molar-refractivity contribution in [1.29, 1.82) is 0 Å². The number of benzene rings is 2. The number of rotatable bonds is 6. The zero-order valence-electron chi connectivity index (χ0n) is 15.6. The number of nitrogens with zero attached hydrogens (tertiary/aromatic N) is 2. The van der Waals surface area contributed by atoms with Crippen LogP contribution in [0.4, 0.5) is 4.39 Å². The Balaban J connectivity index is 1.56. The number of β-amino-alcohol motifs (C(OH)–C–C–N with tert-alkyl or cyclic N) is 1. The second kappa shape index (κ2) is 9.37. The third kappa shape index (κ3) is 5.69. The topological polar surface area (TPSA) is 57.1 Å². The summed E-state index contributed by atoms with van der Waals surface area (Å²) in [6.07, 6.45) is 0.505. The van der Waals surface area contributed by atoms with Crippen molar-refractivity contribution in [2.45, 2.75) is 32.6 Å². The number of aliphatic hydroxyl groups excluding tert-OH is 1. The first-order valence-electron chi connectivity index (χ1n) is 9.31. The number of hydrogen-bond acceptors (Lipinski definition) is 3. The Bertz CT molecular complexity index is 764. The largest absolute Gasteiger partial charge is 0.489 e. The highest BCUT2D eigenvalue weighted by atomic mass is 19.1. The SMILES string of the molecule is CCNC(=NCc1ccc(OCc2cccc(F)c2)cc1)N1CC[C@@H](O)C1. The summed E-state index contributed by atoms with van der Waals surface area (Å²) in [6.45, 7) is 5.15. The van der Waals surface area contributed by atoms with Crippen molar-refractivity contribution in [2.75, 3.05) is 19.6 Å². The van der Waals surface area contributed by atoms with Gasteiger partial charge in [0.25, 0.3) is 0 Å². The van der Waals surface area contributed by atoms with Gasteiger partial charge in [-0.2, -0.15) is 0 Å². The fraction of sp³-hybridized carbons (Fsp3) is 0.381. The lowest BCUT2D eigenvalue weighted by molar-refractivity contribution is 0.188. The van der Waals surface area contributed by atoms with Gasteiger partial charge in [-0.25, -0.2) is 9.38 Å². The summed E-state index contributed by atoms with van der Waals surface area (Å²) < 4.78 is 18.9. The molecule has 0 radical (unpaired) electrons. The Morgan fingerprint density at radius 1 is 1.26 bits per heavy atom. The van der Waals surface area contributed by atoms with Crippen LogP contribution in [-0.4, -0.2) is 41.7 Å². The Kier molecular flexibility index (Phi) is 6.65. The number of hydrogen-bond donors (Lipinski definition) is 2. The van der Waals surface area contributed by atoms with E-state index in [-0.39, 0.29) is 11.9 Å². The molecule has 1 fully saturated rings. The maximum absolute atomic E-state index is 13.2. The molecule has 0 unspecified atom stereocenters. The second-order valence-electron chi connectivity index (χ2n) is 6.62. The summed E-state index contributed by atoms with van der Waals surface area (Å²) in [5.74, 6) is 1.31. The molecule has 0 spiro atoms. The van der Waals surface area contributed by atoms with E-state index >= 15 is 0 Å². The van der Waals surface area contributed by atoms with Crippen LogP contribution in [0.2, 0.25) is 0 Å². The quantitative estimate of drug-likeness (QED) is 0.606. The first-order chi connectivity index (χ1) is 13.1. The molecule has 1 heterocycles. The van der Waals surface area contributed by atoms with E-state index < -0.39 is 0 Å². The molecule has 2 N–H and O–H groups in total. The summed E-state index contributed by atoms with van der Waals surface area (Å²) in [4.78, 5) is 6.76. The summed E-state index contributed by atoms with van der Waals surface area (Å²) in [6, 6.07) is 14.2. The normalized spacial score (nSPS) is 17.2. The molecule has 2 aromatic carbocycles. The molecule has 0 amide bonds. The van der Waals surface area contributed by atoms with E-state index in [1.54, 1.807) is 6.07 Å². The van der Waals surface area contributed by atoms with Crippen LogP contribution in [0.1, 0.15) is 24.5 Å². The molecule has 144 valence electrons. The molecule has 1 saturated heterocycles. The third-order valence-electron chi connectivity index (χ3n) is 4.43. The number of aliphatic hydroxyl groups is 1. The van der Waals surface area contributed by atoms with Gasteiger partial charge in [0.05, 0.1) is 12.6 Å². The van der Waals surface area contributed by atoms with Crippen LogP contribution in [0.25, 0.3) is 0 Å². The summed E-state index contributed by atoms with van der Waals surface area (Å²) in [5.41, 5.74) is 1.87. The van der Waals surface area contributed by atoms with Crippen LogP contribution in [0.15, 0.2) is 53.5 Å². The average Bonchev–Trinajstić information content (AvgIpc) is 3.10. The van der Waals surface area contributed by atoms with Gasteiger partial charge >= 0.3 is 0 Å². The summed E-state index contributed by atoms with van der Waals surface area (Å²) >= 11 is 0. The van der Waals surface area contributed by atoms with E-state index in [9.17, 15) is 9.50 Å². The maximum Gasteiger partial charge on any atom is 0.194 e. The monoisotopic (exact) mass is 371 g/mol. The van der Waals surface area contributed by atoms with E-state index in [0.717, 1.165) is 42.3 Å². The van der Waals surface area contributed by atoms with Gasteiger partial charge in [-0.3, -0.25) is 0 Å². The molecule has 2 aromatic rings. The van der Waals surface area contributed by atoms with Crippen LogP contribution >= 0.6 is 0 Å². The van der Waals surface area contributed by atoms with Gasteiger partial charge in [0.2, 0.25) is 0 Å². The number of ether oxygens (including phenoxy) is 1. The van der Waals surface area contributed by atoms with Crippen molar-refractivity contribution in [3.63, 3.8) is 0 Å². The lowest BCUT2D eigenvalue weighted by atomic mass is 10.2. The Hall–Kier alpha value is -2.60. The van der Waals surface area contributed by atoms with Crippen LogP contribution < -0.4 is 10.1 Å². The van der Waals surface area contributed by atoms with Crippen LogP contribution in [0.3, 0.4) is 0 Å². The van der Waals surface area contributed by atoms with Crippen LogP contribution in [-0.2, 0) is 13.2 Å².